The Labute approximate surface area is 206 Å². The third-order valence-electron chi connectivity index (χ3n) is 8.58. The molecule has 0 aliphatic heterocycles. The molecule has 2 fully saturated rings. The molecule has 0 amide bonds. The minimum absolute atomic E-state index is 0.410. The van der Waals surface area contributed by atoms with Crippen molar-refractivity contribution >= 4 is 10.9 Å². The van der Waals surface area contributed by atoms with E-state index in [0.29, 0.717) is 18.0 Å². The van der Waals surface area contributed by atoms with Gasteiger partial charge in [0, 0.05) is 41.6 Å². The Morgan fingerprint density at radius 1 is 0.882 bits per heavy atom. The zero-order valence-electron chi connectivity index (χ0n) is 21.0. The fourth-order valence-electron chi connectivity index (χ4n) is 6.56. The number of hydrogen-bond donors (Lipinski definition) is 2. The van der Waals surface area contributed by atoms with Gasteiger partial charge in [0.15, 0.2) is 0 Å². The molecule has 2 saturated carbocycles. The number of hydrogen-bond acceptors (Lipinski definition) is 2. The number of fused-ring (bicyclic) bond motifs is 1. The number of nitrogens with zero attached hydrogens (tertiary/aromatic N) is 1. The molecule has 1 unspecified atom stereocenters. The van der Waals surface area contributed by atoms with Crippen molar-refractivity contribution in [2.75, 3.05) is 6.54 Å². The van der Waals surface area contributed by atoms with Crippen LogP contribution in [0.2, 0.25) is 0 Å². The van der Waals surface area contributed by atoms with E-state index >= 15 is 0 Å². The Morgan fingerprint density at radius 2 is 1.62 bits per heavy atom. The number of benzene rings is 2. The van der Waals surface area contributed by atoms with E-state index in [1.165, 1.54) is 79.1 Å². The van der Waals surface area contributed by atoms with Crippen molar-refractivity contribution in [3.05, 3.63) is 71.4 Å². The first-order valence-electron chi connectivity index (χ1n) is 13.8. The van der Waals surface area contributed by atoms with E-state index in [0.717, 1.165) is 31.7 Å². The van der Waals surface area contributed by atoms with Crippen molar-refractivity contribution in [2.24, 2.45) is 11.7 Å². The van der Waals surface area contributed by atoms with E-state index in [4.69, 9.17) is 5.73 Å². The Bertz CT molecular complexity index is 1050. The topological polar surface area (TPSA) is 43.0 Å². The van der Waals surface area contributed by atoms with Gasteiger partial charge in [-0.05, 0) is 87.1 Å². The molecule has 2 aliphatic carbocycles. The van der Waals surface area contributed by atoms with Crippen molar-refractivity contribution in [2.45, 2.75) is 95.7 Å². The van der Waals surface area contributed by atoms with Crippen LogP contribution in [0.3, 0.4) is 0 Å². The molecule has 0 saturated heterocycles. The lowest BCUT2D eigenvalue weighted by Crippen LogP contribution is -2.38. The standard InChI is InChI=1S/C31H43N3/c1-23-9-5-6-12-27(23)28(19-20-33-26-17-15-25(32)16-18-26)30-22-34(21-24-10-3-2-4-11-24)31-14-8-7-13-29(30)31/h5-9,12-14,22,24-26,28,33H,2-4,10-11,15-21,32H2,1H3. The highest BCUT2D eigenvalue weighted by atomic mass is 15.0. The van der Waals surface area contributed by atoms with Gasteiger partial charge in [-0.15, -0.1) is 0 Å². The molecule has 3 N–H and O–H groups in total. The summed E-state index contributed by atoms with van der Waals surface area (Å²) < 4.78 is 2.59. The number of aromatic nitrogens is 1. The quantitative estimate of drug-likeness (QED) is 0.386. The summed E-state index contributed by atoms with van der Waals surface area (Å²) in [5.74, 6) is 1.24. The summed E-state index contributed by atoms with van der Waals surface area (Å²) in [6.45, 7) is 4.50. The smallest absolute Gasteiger partial charge is 0.0483 e. The Kier molecular flexibility index (Phi) is 7.71. The highest BCUT2D eigenvalue weighted by Crippen LogP contribution is 2.37. The molecule has 0 bridgehead atoms. The number of rotatable bonds is 8. The van der Waals surface area contributed by atoms with Gasteiger partial charge in [0.25, 0.3) is 0 Å². The van der Waals surface area contributed by atoms with Crippen LogP contribution in [0.1, 0.15) is 86.8 Å². The third-order valence-corrected chi connectivity index (χ3v) is 8.58. The second-order valence-corrected chi connectivity index (χ2v) is 11.0. The first-order valence-corrected chi connectivity index (χ1v) is 13.8. The summed E-state index contributed by atoms with van der Waals surface area (Å²) in [6.07, 6.45) is 15.4. The first-order chi connectivity index (χ1) is 16.7. The zero-order chi connectivity index (χ0) is 23.3. The second kappa shape index (κ2) is 11.1. The second-order valence-electron chi connectivity index (χ2n) is 11.0. The highest BCUT2D eigenvalue weighted by Gasteiger charge is 2.24. The summed E-state index contributed by atoms with van der Waals surface area (Å²) in [5.41, 5.74) is 11.9. The number of nitrogens with one attached hydrogen (secondary N) is 1. The van der Waals surface area contributed by atoms with Crippen LogP contribution in [0.5, 0.6) is 0 Å². The van der Waals surface area contributed by atoms with Crippen LogP contribution in [0.15, 0.2) is 54.7 Å². The first kappa shape index (κ1) is 23.6. The average Bonchev–Trinajstić information content (AvgIpc) is 3.22. The van der Waals surface area contributed by atoms with Gasteiger partial charge in [-0.2, -0.15) is 0 Å². The van der Waals surface area contributed by atoms with E-state index in [2.05, 4.69) is 71.5 Å². The molecular formula is C31H43N3. The normalized spacial score (nSPS) is 22.8. The summed E-state index contributed by atoms with van der Waals surface area (Å²) >= 11 is 0. The van der Waals surface area contributed by atoms with Gasteiger partial charge in [0.05, 0.1) is 0 Å². The van der Waals surface area contributed by atoms with Gasteiger partial charge < -0.3 is 15.6 Å². The number of para-hydroxylation sites is 1. The molecule has 3 heteroatoms. The molecule has 3 aromatic rings. The van der Waals surface area contributed by atoms with Crippen LogP contribution in [-0.2, 0) is 6.54 Å². The van der Waals surface area contributed by atoms with Gasteiger partial charge in [-0.3, -0.25) is 0 Å². The minimum Gasteiger partial charge on any atom is -0.347 e. The van der Waals surface area contributed by atoms with Crippen molar-refractivity contribution in [3.63, 3.8) is 0 Å². The van der Waals surface area contributed by atoms with E-state index in [-0.39, 0.29) is 0 Å². The van der Waals surface area contributed by atoms with Gasteiger partial charge >= 0.3 is 0 Å². The van der Waals surface area contributed by atoms with Gasteiger partial charge in [0.1, 0.15) is 0 Å². The lowest BCUT2D eigenvalue weighted by Gasteiger charge is -2.28. The molecular weight excluding hydrogens is 414 g/mol. The van der Waals surface area contributed by atoms with Crippen molar-refractivity contribution in [1.29, 1.82) is 0 Å². The van der Waals surface area contributed by atoms with Crippen LogP contribution in [-0.4, -0.2) is 23.2 Å². The predicted octanol–water partition coefficient (Wildman–Crippen LogP) is 6.91. The Hall–Kier alpha value is -2.10. The third kappa shape index (κ3) is 5.42. The maximum Gasteiger partial charge on any atom is 0.0483 e. The molecule has 2 aromatic carbocycles. The SMILES string of the molecule is Cc1ccccc1C(CCNC1CCC(N)CC1)c1cn(CC2CCCCC2)c2ccccc12. The average molecular weight is 458 g/mol. The van der Waals surface area contributed by atoms with E-state index in [1.54, 1.807) is 0 Å². The number of aryl methyl sites for hydroxylation is 1. The Balaban J connectivity index is 1.42. The molecule has 2 aliphatic rings. The van der Waals surface area contributed by atoms with Crippen molar-refractivity contribution in [1.82, 2.24) is 9.88 Å². The fourth-order valence-corrected chi connectivity index (χ4v) is 6.56. The zero-order valence-corrected chi connectivity index (χ0v) is 21.0. The van der Waals surface area contributed by atoms with Crippen LogP contribution < -0.4 is 11.1 Å². The lowest BCUT2D eigenvalue weighted by atomic mass is 9.85. The van der Waals surface area contributed by atoms with Crippen LogP contribution in [0.25, 0.3) is 10.9 Å². The molecule has 182 valence electrons. The summed E-state index contributed by atoms with van der Waals surface area (Å²) in [7, 11) is 0. The molecule has 0 spiro atoms. The van der Waals surface area contributed by atoms with E-state index in [1.807, 2.05) is 0 Å². The van der Waals surface area contributed by atoms with Crippen LogP contribution in [0.4, 0.5) is 0 Å². The largest absolute Gasteiger partial charge is 0.347 e. The van der Waals surface area contributed by atoms with E-state index in [9.17, 15) is 0 Å². The van der Waals surface area contributed by atoms with Crippen LogP contribution in [0, 0.1) is 12.8 Å². The van der Waals surface area contributed by atoms with Gasteiger partial charge in [-0.1, -0.05) is 61.7 Å². The fraction of sp³-hybridized carbons (Fsp3) is 0.548. The maximum absolute atomic E-state index is 6.13. The molecule has 1 heterocycles. The number of nitrogens with two attached hydrogens (primary N) is 1. The minimum atomic E-state index is 0.410. The van der Waals surface area contributed by atoms with Gasteiger partial charge in [0.2, 0.25) is 0 Å². The molecule has 1 aromatic heterocycles. The molecule has 5 rings (SSSR count). The summed E-state index contributed by atoms with van der Waals surface area (Å²) in [5, 5.41) is 5.33. The lowest BCUT2D eigenvalue weighted by molar-refractivity contribution is 0.322. The molecule has 34 heavy (non-hydrogen) atoms. The molecule has 3 nitrogen and oxygen atoms in total. The summed E-state index contributed by atoms with van der Waals surface area (Å²) in [6, 6.07) is 19.2. The van der Waals surface area contributed by atoms with E-state index < -0.39 is 0 Å². The van der Waals surface area contributed by atoms with Crippen molar-refractivity contribution in [3.8, 4) is 0 Å². The molecule has 0 radical (unpaired) electrons. The van der Waals surface area contributed by atoms with Crippen LogP contribution >= 0.6 is 0 Å². The highest BCUT2D eigenvalue weighted by molar-refractivity contribution is 5.85. The Morgan fingerprint density at radius 3 is 2.41 bits per heavy atom. The van der Waals surface area contributed by atoms with Crippen molar-refractivity contribution < 1.29 is 0 Å². The monoisotopic (exact) mass is 457 g/mol. The maximum atomic E-state index is 6.13. The van der Waals surface area contributed by atoms with Gasteiger partial charge in [-0.25, -0.2) is 0 Å². The predicted molar refractivity (Wildman–Crippen MR) is 144 cm³/mol. The molecule has 1 atom stereocenters. The summed E-state index contributed by atoms with van der Waals surface area (Å²) in [4.78, 5) is 0.